The van der Waals surface area contributed by atoms with Gasteiger partial charge in [-0.1, -0.05) is 19.3 Å². The largest absolute Gasteiger partial charge is 0.673 e. The Morgan fingerprint density at radius 2 is 0.744 bits per heavy atom. The average Bonchev–Trinajstić information content (AvgIpc) is 2.74. The van der Waals surface area contributed by atoms with Crippen LogP contribution in [0.1, 0.15) is 54.4 Å². The van der Waals surface area contributed by atoms with Gasteiger partial charge in [-0.05, 0) is 71.0 Å². The molecule has 3 heterocycles. The van der Waals surface area contributed by atoms with Crippen molar-refractivity contribution in [1.29, 1.82) is 0 Å². The topological polar surface area (TPSA) is 18.5 Å². The summed E-state index contributed by atoms with van der Waals surface area (Å²) in [7, 11) is -11.4. The van der Waals surface area contributed by atoms with Gasteiger partial charge in [0, 0.05) is 22.3 Å². The Kier molecular flexibility index (Phi) is 13.7. The third-order valence-corrected chi connectivity index (χ3v) is 8.84. The van der Waals surface area contributed by atoms with Gasteiger partial charge in [-0.25, -0.2) is 0 Å². The van der Waals surface area contributed by atoms with E-state index in [1.807, 2.05) is 0 Å². The van der Waals surface area contributed by atoms with Crippen molar-refractivity contribution in [2.75, 3.05) is 25.7 Å². The molecule has 0 unspecified atom stereocenters. The normalized spacial score (nSPS) is 20.4. The Morgan fingerprint density at radius 1 is 0.487 bits per heavy atom. The van der Waals surface area contributed by atoms with Crippen LogP contribution in [0.15, 0.2) is 36.4 Å². The number of ether oxygens (including phenoxy) is 2. The second kappa shape index (κ2) is 15.9. The molecule has 0 aliphatic carbocycles. The molecule has 0 saturated carbocycles. The van der Waals surface area contributed by atoms with Gasteiger partial charge in [0.2, 0.25) is 0 Å². The molecule has 3 aliphatic heterocycles. The molecule has 5 rings (SSSR count). The highest BCUT2D eigenvalue weighted by Gasteiger charge is 2.22. The molecule has 0 aromatic heterocycles. The quantitative estimate of drug-likeness (QED) is 0.172. The summed E-state index contributed by atoms with van der Waals surface area (Å²) >= 11 is 0. The molecule has 39 heavy (non-hydrogen) atoms. The molecule has 0 spiro atoms. The van der Waals surface area contributed by atoms with Crippen LogP contribution < -0.4 is 9.47 Å². The molecule has 2 aromatic rings. The van der Waals surface area contributed by atoms with E-state index in [0.717, 1.165) is 60.6 Å². The van der Waals surface area contributed by atoms with E-state index in [2.05, 4.69) is 48.9 Å². The Labute approximate surface area is 231 Å². The lowest BCUT2D eigenvalue weighted by Crippen LogP contribution is -2.12. The van der Waals surface area contributed by atoms with E-state index in [-0.39, 0.29) is 0 Å². The van der Waals surface area contributed by atoms with Crippen LogP contribution >= 0.6 is 0 Å². The predicted molar refractivity (Wildman–Crippen MR) is 149 cm³/mol. The van der Waals surface area contributed by atoms with Crippen LogP contribution in [0, 0.1) is 0 Å². The van der Waals surface area contributed by atoms with Crippen LogP contribution in [0.5, 0.6) is 11.5 Å². The van der Waals surface area contributed by atoms with Gasteiger partial charge in [-0.15, -0.1) is 0 Å². The summed E-state index contributed by atoms with van der Waals surface area (Å²) in [5, 5.41) is 0. The summed E-state index contributed by atoms with van der Waals surface area (Å²) in [6, 6.07) is 14.0. The van der Waals surface area contributed by atoms with E-state index in [0.29, 0.717) is 21.8 Å². The average molecular weight is 604 g/mol. The number of hydrogen-bond donors (Lipinski definition) is 0. The number of hydrogen-bond acceptors (Lipinski definition) is 2. The molecule has 2 aromatic carbocycles. The summed E-state index contributed by atoms with van der Waals surface area (Å²) in [6.45, 7) is 1.67. The zero-order chi connectivity index (χ0) is 29.1. The molecule has 14 heteroatoms. The van der Waals surface area contributed by atoms with Crippen molar-refractivity contribution in [2.45, 2.75) is 55.1 Å². The van der Waals surface area contributed by atoms with Crippen LogP contribution in [0.25, 0.3) is 0 Å². The minimum Gasteiger partial charge on any atom is -0.494 e. The van der Waals surface area contributed by atoms with E-state index < -0.39 is 14.5 Å². The van der Waals surface area contributed by atoms with Gasteiger partial charge < -0.3 is 44.0 Å². The maximum Gasteiger partial charge on any atom is 0.673 e. The first-order chi connectivity index (χ1) is 18.1. The predicted octanol–water partition coefficient (Wildman–Crippen LogP) is 8.22. The number of halogens is 8. The molecule has 220 valence electrons. The third-order valence-electron chi connectivity index (χ3n) is 5.53. The monoisotopic (exact) mass is 604 g/mol. The molecule has 3 aliphatic rings. The van der Waals surface area contributed by atoms with Gasteiger partial charge in [0.15, 0.2) is 0 Å². The minimum atomic E-state index is -6.00. The Bertz CT molecular complexity index is 885. The van der Waals surface area contributed by atoms with Crippen molar-refractivity contribution in [3.05, 3.63) is 58.7 Å². The highest BCUT2D eigenvalue weighted by atomic mass is 32.2. The van der Waals surface area contributed by atoms with Crippen molar-refractivity contribution in [3.63, 3.8) is 0 Å². The lowest BCUT2D eigenvalue weighted by Gasteiger charge is -2.15. The molecular weight excluding hydrogens is 570 g/mol. The first-order valence-corrected chi connectivity index (χ1v) is 16.5. The van der Waals surface area contributed by atoms with Crippen LogP contribution in [0.4, 0.5) is 34.5 Å². The molecule has 0 saturated heterocycles. The molecule has 2 nitrogen and oxygen atoms in total. The van der Waals surface area contributed by atoms with Crippen molar-refractivity contribution < 1.29 is 44.0 Å². The zero-order valence-corrected chi connectivity index (χ0v) is 23.7. The fraction of sp³-hybridized carbons (Fsp3) is 0.520. The van der Waals surface area contributed by atoms with Crippen molar-refractivity contribution in [2.24, 2.45) is 0 Å². The van der Waals surface area contributed by atoms with E-state index in [4.69, 9.17) is 9.47 Å². The van der Waals surface area contributed by atoms with Gasteiger partial charge in [0.25, 0.3) is 0 Å². The molecule has 6 bridgehead atoms. The Hall–Kier alpha value is -1.69. The van der Waals surface area contributed by atoms with Crippen LogP contribution in [-0.2, 0) is 44.8 Å². The summed E-state index contributed by atoms with van der Waals surface area (Å²) in [4.78, 5) is 0. The molecular formula is C25H34B2F8O2S2. The number of fused-ring (bicyclic) bond motifs is 12. The fourth-order valence-corrected chi connectivity index (χ4v) is 7.46. The van der Waals surface area contributed by atoms with Crippen LogP contribution in [0.2, 0.25) is 0 Å². The minimum absolute atomic E-state index is 0.298. The zero-order valence-electron chi connectivity index (χ0n) is 22.1. The van der Waals surface area contributed by atoms with Gasteiger partial charge in [0.1, 0.15) is 34.5 Å². The number of rotatable bonds is 0. The van der Waals surface area contributed by atoms with Gasteiger partial charge in [-0.3, -0.25) is 0 Å². The fourth-order valence-electron chi connectivity index (χ4n) is 4.31. The van der Waals surface area contributed by atoms with Crippen LogP contribution in [0.3, 0.4) is 0 Å². The first-order valence-electron chi connectivity index (χ1n) is 12.6. The Morgan fingerprint density at radius 3 is 1.03 bits per heavy atom. The highest BCUT2D eigenvalue weighted by Crippen LogP contribution is 2.28. The van der Waals surface area contributed by atoms with E-state index >= 15 is 0 Å². The molecule has 0 fully saturated rings. The van der Waals surface area contributed by atoms with Crippen LogP contribution in [-0.4, -0.2) is 40.2 Å². The maximum absolute atomic E-state index is 9.75. The van der Waals surface area contributed by atoms with E-state index in [1.54, 1.807) is 0 Å². The standard InChI is InChI=1S/C25H34O2S2.2BF4/c1-28-16-20-10-22-14-24(12-20)26-8-6-4-3-5-7-9-27-25-13-21(17-28)11-23(15-25)19-29(2)18-22;2*2-1(3,4)5/h10-15H,3-9,16-19H2,1-2H3;;/q+2;2*-1. The smallest absolute Gasteiger partial charge is 0.494 e. The van der Waals surface area contributed by atoms with Crippen molar-refractivity contribution in [3.8, 4) is 11.5 Å². The van der Waals surface area contributed by atoms with Gasteiger partial charge in [0.05, 0.1) is 25.7 Å². The maximum atomic E-state index is 9.75. The number of benzene rings is 2. The van der Waals surface area contributed by atoms with Gasteiger partial charge >= 0.3 is 14.5 Å². The molecule has 0 atom stereocenters. The van der Waals surface area contributed by atoms with E-state index in [1.165, 1.54) is 41.5 Å². The summed E-state index contributed by atoms with van der Waals surface area (Å²) in [5.74, 6) is 6.67. The van der Waals surface area contributed by atoms with Gasteiger partial charge in [-0.2, -0.15) is 0 Å². The molecule has 0 amide bonds. The third kappa shape index (κ3) is 16.9. The van der Waals surface area contributed by atoms with Crippen molar-refractivity contribution >= 4 is 36.3 Å². The lowest BCUT2D eigenvalue weighted by atomic mass is 10.1. The summed E-state index contributed by atoms with van der Waals surface area (Å²) in [6.07, 6.45) is 10.8. The lowest BCUT2D eigenvalue weighted by molar-refractivity contribution is 0.293. The molecule has 0 N–H and O–H groups in total. The summed E-state index contributed by atoms with van der Waals surface area (Å²) in [5.41, 5.74) is 5.76. The van der Waals surface area contributed by atoms with E-state index in [9.17, 15) is 34.5 Å². The summed E-state index contributed by atoms with van der Waals surface area (Å²) < 4.78 is 90.4. The SMILES string of the molecule is C[S+]1Cc2cc3cc(c2)OCCCCCCCOc2cc(cc(c2)C[S+](C)C3)C1.F[B-](F)(F)F.F[B-](F)(F)F. The second-order valence-electron chi connectivity index (χ2n) is 9.57. The van der Waals surface area contributed by atoms with Crippen molar-refractivity contribution in [1.82, 2.24) is 0 Å². The second-order valence-corrected chi connectivity index (χ2v) is 13.8. The molecule has 0 radical (unpaired) electrons. The highest BCUT2D eigenvalue weighted by molar-refractivity contribution is 7.95. The first kappa shape index (κ1) is 33.5. The Balaban J connectivity index is 0.000000458.